The number of alkyl halides is 14. The van der Waals surface area contributed by atoms with Crippen molar-refractivity contribution in [2.24, 2.45) is 10.8 Å². The first-order chi connectivity index (χ1) is 16.1. The Labute approximate surface area is 227 Å². The normalized spacial score (nSPS) is 15.2. The number of hydrogen-bond acceptors (Lipinski definition) is 2. The first kappa shape index (κ1) is 41.6. The Morgan fingerprint density at radius 2 is 0.667 bits per heavy atom. The fourth-order valence-electron chi connectivity index (χ4n) is 1.55. The van der Waals surface area contributed by atoms with Crippen LogP contribution < -0.4 is 0 Å². The summed E-state index contributed by atoms with van der Waals surface area (Å²) in [7, 11) is 0. The van der Waals surface area contributed by atoms with Crippen LogP contribution in [0.15, 0.2) is 23.7 Å². The molecule has 0 unspecified atom stereocenters. The van der Waals surface area contributed by atoms with E-state index >= 15 is 0 Å². The Hall–Kier alpha value is -1.85. The zero-order valence-corrected chi connectivity index (χ0v) is 22.3. The molecule has 0 saturated carbocycles. The molecule has 0 aromatic rings. The maximum atomic E-state index is 12.9. The molecule has 0 fully saturated rings. The van der Waals surface area contributed by atoms with Crippen molar-refractivity contribution in [3.8, 4) is 0 Å². The molecule has 0 rings (SSSR count). The third-order valence-electron chi connectivity index (χ3n) is 4.23. The summed E-state index contributed by atoms with van der Waals surface area (Å²) in [5, 5.41) is 17.5. The van der Waals surface area contributed by atoms with Gasteiger partial charge in [0.05, 0.1) is 23.0 Å². The van der Waals surface area contributed by atoms with Gasteiger partial charge in [-0.2, -0.15) is 61.5 Å². The minimum absolute atomic E-state index is 0. The molecule has 4 nitrogen and oxygen atoms in total. The predicted octanol–water partition coefficient (Wildman–Crippen LogP) is 7.70. The van der Waals surface area contributed by atoms with Gasteiger partial charge in [0.25, 0.3) is 0 Å². The summed E-state index contributed by atoms with van der Waals surface area (Å²) in [6.45, 7) is 7.62. The molecule has 0 bridgehead atoms. The van der Waals surface area contributed by atoms with Gasteiger partial charge in [-0.05, 0) is 41.5 Å². The van der Waals surface area contributed by atoms with E-state index in [-0.39, 0.29) is 33.9 Å². The molecule has 0 atom stereocenters. The number of ketones is 2. The number of aliphatic hydroxyl groups excluding tert-OH is 2. The summed E-state index contributed by atoms with van der Waals surface area (Å²) in [5.41, 5.74) is -2.42. The van der Waals surface area contributed by atoms with Gasteiger partial charge in [-0.3, -0.25) is 9.59 Å². The third kappa shape index (κ3) is 9.64. The average Bonchev–Trinajstić information content (AvgIpc) is 2.64. The van der Waals surface area contributed by atoms with Crippen LogP contribution in [0.2, 0.25) is 0 Å². The van der Waals surface area contributed by atoms with Crippen LogP contribution in [-0.4, -0.2) is 67.4 Å². The molecule has 0 aromatic carbocycles. The second-order valence-corrected chi connectivity index (χ2v) is 9.62. The van der Waals surface area contributed by atoms with Crippen LogP contribution in [0, 0.1) is 10.8 Å². The van der Waals surface area contributed by atoms with Crippen molar-refractivity contribution >= 4 is 11.6 Å². The van der Waals surface area contributed by atoms with E-state index in [1.165, 1.54) is 41.5 Å². The van der Waals surface area contributed by atoms with E-state index < -0.39 is 70.0 Å². The summed E-state index contributed by atoms with van der Waals surface area (Å²) < 4.78 is 173. The van der Waals surface area contributed by atoms with Crippen LogP contribution in [0.25, 0.3) is 0 Å². The second-order valence-electron chi connectivity index (χ2n) is 9.62. The summed E-state index contributed by atoms with van der Waals surface area (Å²) in [6.07, 6.45) is -13.5. The van der Waals surface area contributed by atoms with Gasteiger partial charge in [0.2, 0.25) is 0 Å². The van der Waals surface area contributed by atoms with E-state index in [0.717, 1.165) is 0 Å². The number of halogens is 14. The Morgan fingerprint density at radius 3 is 0.795 bits per heavy atom. The van der Waals surface area contributed by atoms with Gasteiger partial charge < -0.3 is 10.2 Å². The Morgan fingerprint density at radius 1 is 0.487 bits per heavy atom. The van der Waals surface area contributed by atoms with Gasteiger partial charge in [-0.15, -0.1) is 0 Å². The van der Waals surface area contributed by atoms with Gasteiger partial charge in [0, 0.05) is 21.7 Å². The number of rotatable bonds is 6. The van der Waals surface area contributed by atoms with Crippen molar-refractivity contribution in [2.45, 2.75) is 77.6 Å². The average molecular weight is 642 g/mol. The SMILES string of the molecule is CC(C)(C)C(=[OH+])/C=C(\O)C(F)(F)C(F)(F)C(F)(F)F.CC(C)(C)C(=[OH+])/C=C(\O)C(F)(F)C(F)(F)C(F)(F)F.[Ti]. The van der Waals surface area contributed by atoms with Crippen molar-refractivity contribution < 1.29 is 103 Å². The van der Waals surface area contributed by atoms with E-state index in [2.05, 4.69) is 0 Å². The summed E-state index contributed by atoms with van der Waals surface area (Å²) in [6, 6.07) is 0. The van der Waals surface area contributed by atoms with E-state index in [0.29, 0.717) is 0 Å². The largest absolute Gasteiger partial charge is 0.506 e. The van der Waals surface area contributed by atoms with E-state index in [9.17, 15) is 71.1 Å². The molecule has 0 spiro atoms. The van der Waals surface area contributed by atoms with Crippen molar-refractivity contribution in [3.05, 3.63) is 23.7 Å². The fraction of sp³-hybridized carbons (Fsp3) is 0.700. The maximum Gasteiger partial charge on any atom is 0.460 e. The number of aliphatic hydroxyl groups is 2. The van der Waals surface area contributed by atoms with Crippen LogP contribution in [0.5, 0.6) is 0 Å². The molecule has 19 heteroatoms. The van der Waals surface area contributed by atoms with Crippen LogP contribution in [-0.2, 0) is 21.7 Å². The Kier molecular flexibility index (Phi) is 13.2. The van der Waals surface area contributed by atoms with Crippen LogP contribution in [0.3, 0.4) is 0 Å². The summed E-state index contributed by atoms with van der Waals surface area (Å²) >= 11 is 0. The van der Waals surface area contributed by atoms with E-state index in [1.54, 1.807) is 0 Å². The van der Waals surface area contributed by atoms with Gasteiger partial charge in [0.15, 0.2) is 11.5 Å². The molecule has 228 valence electrons. The van der Waals surface area contributed by atoms with Crippen LogP contribution in [0.4, 0.5) is 61.5 Å². The molecule has 4 N–H and O–H groups in total. The predicted molar refractivity (Wildman–Crippen MR) is 106 cm³/mol. The molecule has 0 heterocycles. The van der Waals surface area contributed by atoms with Crippen molar-refractivity contribution in [1.29, 1.82) is 0 Å². The van der Waals surface area contributed by atoms with Gasteiger partial charge in [-0.1, -0.05) is 0 Å². The molecular weight excluding hydrogens is 618 g/mol. The van der Waals surface area contributed by atoms with Gasteiger partial charge in [-0.25, -0.2) is 0 Å². The first-order valence-corrected chi connectivity index (χ1v) is 9.69. The standard InChI is InChI=1S/2C10H11F7O2.Ti/c2*1-7(2,3)5(18)4-6(19)8(11,12)9(13,14)10(15,16)17;/h2*4,19H,1-3H3;/p+2/b2*6-4-;. The van der Waals surface area contributed by atoms with Crippen molar-refractivity contribution in [3.63, 3.8) is 0 Å². The number of hydrogen-bond donors (Lipinski definition) is 2. The minimum atomic E-state index is -6.55. The first-order valence-electron chi connectivity index (χ1n) is 9.69. The quantitative estimate of drug-likeness (QED) is 0.102. The Balaban J connectivity index is -0.000000648. The summed E-state index contributed by atoms with van der Waals surface area (Å²) in [4.78, 5) is 18.4. The van der Waals surface area contributed by atoms with E-state index in [4.69, 9.17) is 10.2 Å². The molecule has 0 radical (unpaired) electrons. The topological polar surface area (TPSA) is 83.3 Å². The van der Waals surface area contributed by atoms with E-state index in [1.807, 2.05) is 0 Å². The van der Waals surface area contributed by atoms with Crippen molar-refractivity contribution in [1.82, 2.24) is 0 Å². The molecular formula is C20H24F14O4Ti+2. The smallest absolute Gasteiger partial charge is 0.460 e. The van der Waals surface area contributed by atoms with Gasteiger partial charge in [0.1, 0.15) is 0 Å². The van der Waals surface area contributed by atoms with Crippen molar-refractivity contribution in [2.75, 3.05) is 0 Å². The molecule has 0 saturated heterocycles. The third-order valence-corrected chi connectivity index (χ3v) is 4.23. The Bertz CT molecular complexity index is 858. The fourth-order valence-corrected chi connectivity index (χ4v) is 1.55. The maximum absolute atomic E-state index is 12.9. The molecule has 0 aromatic heterocycles. The van der Waals surface area contributed by atoms with Gasteiger partial charge >= 0.3 is 47.6 Å². The molecule has 0 aliphatic carbocycles. The number of carbonyl (C=O) groups excluding carboxylic acids is 2. The molecule has 0 aliphatic rings. The molecule has 0 amide bonds. The van der Waals surface area contributed by atoms with Crippen LogP contribution in [0.1, 0.15) is 41.5 Å². The molecule has 39 heavy (non-hydrogen) atoms. The van der Waals surface area contributed by atoms with Crippen LogP contribution >= 0.6 is 0 Å². The zero-order chi connectivity index (χ0) is 31.7. The minimum Gasteiger partial charge on any atom is -0.506 e. The summed E-state index contributed by atoms with van der Waals surface area (Å²) in [5.74, 6) is -31.8. The number of allylic oxidation sites excluding steroid dienone is 4. The monoisotopic (exact) mass is 642 g/mol. The molecule has 0 aliphatic heterocycles. The zero-order valence-electron chi connectivity index (χ0n) is 20.7. The second kappa shape index (κ2) is 12.3.